The molecular formula is C23H28N2O3. The van der Waals surface area contributed by atoms with Gasteiger partial charge in [-0.15, -0.1) is 0 Å². The lowest BCUT2D eigenvalue weighted by molar-refractivity contribution is 0.0680. The third kappa shape index (κ3) is 4.16. The van der Waals surface area contributed by atoms with E-state index in [1.165, 1.54) is 22.0 Å². The van der Waals surface area contributed by atoms with Gasteiger partial charge in [-0.3, -0.25) is 4.90 Å². The van der Waals surface area contributed by atoms with Gasteiger partial charge in [-0.2, -0.15) is 0 Å². The van der Waals surface area contributed by atoms with Crippen LogP contribution in [0, 0.1) is 0 Å². The van der Waals surface area contributed by atoms with Gasteiger partial charge in [0, 0.05) is 43.3 Å². The summed E-state index contributed by atoms with van der Waals surface area (Å²) in [7, 11) is 3.34. The third-order valence-corrected chi connectivity index (χ3v) is 5.41. The summed E-state index contributed by atoms with van der Waals surface area (Å²) < 4.78 is 16.8. The predicted molar refractivity (Wildman–Crippen MR) is 111 cm³/mol. The number of hydrogen-bond donors (Lipinski definition) is 1. The van der Waals surface area contributed by atoms with E-state index in [9.17, 15) is 0 Å². The number of aromatic nitrogens is 1. The maximum Gasteiger partial charge on any atom is 0.161 e. The third-order valence-electron chi connectivity index (χ3n) is 5.41. The van der Waals surface area contributed by atoms with Gasteiger partial charge in [0.05, 0.1) is 20.3 Å². The van der Waals surface area contributed by atoms with Gasteiger partial charge >= 0.3 is 0 Å². The summed E-state index contributed by atoms with van der Waals surface area (Å²) in [6.45, 7) is 3.51. The quantitative estimate of drug-likeness (QED) is 0.630. The fraction of sp³-hybridized carbons (Fsp3) is 0.391. The van der Waals surface area contributed by atoms with Crippen molar-refractivity contribution in [1.29, 1.82) is 0 Å². The lowest BCUT2D eigenvalue weighted by Crippen LogP contribution is -2.31. The second kappa shape index (κ2) is 8.67. The Balaban J connectivity index is 1.56. The number of nitrogens with zero attached hydrogens (tertiary/aromatic N) is 1. The van der Waals surface area contributed by atoms with Crippen LogP contribution >= 0.6 is 0 Å². The molecule has 1 fully saturated rings. The summed E-state index contributed by atoms with van der Waals surface area (Å²) in [5.74, 6) is 1.53. The Bertz CT molecular complexity index is 915. The van der Waals surface area contributed by atoms with Crippen molar-refractivity contribution in [2.75, 3.05) is 27.4 Å². The largest absolute Gasteiger partial charge is 0.493 e. The molecule has 0 spiro atoms. The Morgan fingerprint density at radius 1 is 1.07 bits per heavy atom. The minimum absolute atomic E-state index is 0.311. The SMILES string of the molecule is COc1ccc(CN(Cc2c[nH]c3ccccc23)C[C@H]2CCCO2)cc1OC. The van der Waals surface area contributed by atoms with Crippen LogP contribution in [0.25, 0.3) is 10.9 Å². The van der Waals surface area contributed by atoms with E-state index < -0.39 is 0 Å². The summed E-state index contributed by atoms with van der Waals surface area (Å²) in [6.07, 6.45) is 4.73. The zero-order chi connectivity index (χ0) is 19.3. The van der Waals surface area contributed by atoms with Crippen LogP contribution in [0.2, 0.25) is 0 Å². The van der Waals surface area contributed by atoms with Gasteiger partial charge in [0.1, 0.15) is 0 Å². The summed E-state index contributed by atoms with van der Waals surface area (Å²) >= 11 is 0. The summed E-state index contributed by atoms with van der Waals surface area (Å²) in [4.78, 5) is 5.86. The number of aromatic amines is 1. The Morgan fingerprint density at radius 2 is 1.93 bits per heavy atom. The van der Waals surface area contributed by atoms with E-state index >= 15 is 0 Å². The Morgan fingerprint density at radius 3 is 2.71 bits per heavy atom. The van der Waals surface area contributed by atoms with E-state index in [0.29, 0.717) is 6.10 Å². The highest BCUT2D eigenvalue weighted by Gasteiger charge is 2.21. The fourth-order valence-electron chi connectivity index (χ4n) is 4.00. The predicted octanol–water partition coefficient (Wildman–Crippen LogP) is 4.37. The lowest BCUT2D eigenvalue weighted by Gasteiger charge is -2.25. The molecule has 4 rings (SSSR count). The van der Waals surface area contributed by atoms with Crippen molar-refractivity contribution in [3.8, 4) is 11.5 Å². The van der Waals surface area contributed by atoms with Gasteiger partial charge < -0.3 is 19.2 Å². The van der Waals surface area contributed by atoms with Gasteiger partial charge in [-0.1, -0.05) is 24.3 Å². The molecule has 28 heavy (non-hydrogen) atoms. The van der Waals surface area contributed by atoms with Gasteiger partial charge in [0.2, 0.25) is 0 Å². The molecule has 1 saturated heterocycles. The molecule has 2 aromatic carbocycles. The number of fused-ring (bicyclic) bond motifs is 1. The monoisotopic (exact) mass is 380 g/mol. The maximum absolute atomic E-state index is 5.92. The highest BCUT2D eigenvalue weighted by Crippen LogP contribution is 2.29. The molecule has 3 aromatic rings. The molecule has 1 aliphatic heterocycles. The zero-order valence-electron chi connectivity index (χ0n) is 16.6. The number of para-hydroxylation sites is 1. The fourth-order valence-corrected chi connectivity index (χ4v) is 4.00. The van der Waals surface area contributed by atoms with Crippen LogP contribution in [0.4, 0.5) is 0 Å². The Hall–Kier alpha value is -2.50. The maximum atomic E-state index is 5.92. The van der Waals surface area contributed by atoms with Crippen molar-refractivity contribution in [3.05, 3.63) is 59.8 Å². The standard InChI is InChI=1S/C23H28N2O3/c1-26-22-10-9-17(12-23(22)27-2)14-25(16-19-6-5-11-28-19)15-18-13-24-21-8-4-3-7-20(18)21/h3-4,7-10,12-13,19,24H,5-6,11,14-16H2,1-2H3/t19-/m1/s1. The topological polar surface area (TPSA) is 46.7 Å². The molecule has 2 heterocycles. The smallest absolute Gasteiger partial charge is 0.161 e. The van der Waals surface area contributed by atoms with Crippen molar-refractivity contribution in [3.63, 3.8) is 0 Å². The van der Waals surface area contributed by atoms with E-state index in [0.717, 1.165) is 50.6 Å². The highest BCUT2D eigenvalue weighted by atomic mass is 16.5. The van der Waals surface area contributed by atoms with Crippen LogP contribution in [0.3, 0.4) is 0 Å². The van der Waals surface area contributed by atoms with Crippen molar-refractivity contribution >= 4 is 10.9 Å². The first-order chi connectivity index (χ1) is 13.8. The molecule has 1 aromatic heterocycles. The first kappa shape index (κ1) is 18.8. The molecule has 1 atom stereocenters. The number of ether oxygens (including phenoxy) is 3. The van der Waals surface area contributed by atoms with Gasteiger partial charge in [0.25, 0.3) is 0 Å². The average molecular weight is 380 g/mol. The Labute approximate surface area is 166 Å². The van der Waals surface area contributed by atoms with E-state index in [1.54, 1.807) is 14.2 Å². The molecule has 0 aliphatic carbocycles. The molecule has 148 valence electrons. The molecule has 0 bridgehead atoms. The normalized spacial score (nSPS) is 16.8. The minimum Gasteiger partial charge on any atom is -0.493 e. The zero-order valence-corrected chi connectivity index (χ0v) is 16.6. The molecule has 5 heteroatoms. The van der Waals surface area contributed by atoms with Crippen LogP contribution in [0.15, 0.2) is 48.7 Å². The van der Waals surface area contributed by atoms with E-state index in [4.69, 9.17) is 14.2 Å². The van der Waals surface area contributed by atoms with Crippen LogP contribution in [-0.2, 0) is 17.8 Å². The number of benzene rings is 2. The van der Waals surface area contributed by atoms with Gasteiger partial charge in [-0.05, 0) is 42.2 Å². The van der Waals surface area contributed by atoms with Gasteiger partial charge in [0.15, 0.2) is 11.5 Å². The van der Waals surface area contributed by atoms with Crippen molar-refractivity contribution in [2.24, 2.45) is 0 Å². The number of H-pyrrole nitrogens is 1. The van der Waals surface area contributed by atoms with E-state index in [2.05, 4.69) is 52.5 Å². The number of nitrogens with one attached hydrogen (secondary N) is 1. The molecular weight excluding hydrogens is 352 g/mol. The van der Waals surface area contributed by atoms with Crippen LogP contribution in [0.5, 0.6) is 11.5 Å². The van der Waals surface area contributed by atoms with Gasteiger partial charge in [-0.25, -0.2) is 0 Å². The number of hydrogen-bond acceptors (Lipinski definition) is 4. The van der Waals surface area contributed by atoms with Crippen LogP contribution in [0.1, 0.15) is 24.0 Å². The van der Waals surface area contributed by atoms with Crippen LogP contribution < -0.4 is 9.47 Å². The van der Waals surface area contributed by atoms with Crippen molar-refractivity contribution in [2.45, 2.75) is 32.0 Å². The average Bonchev–Trinajstić information content (AvgIpc) is 3.38. The molecule has 5 nitrogen and oxygen atoms in total. The number of rotatable bonds is 8. The Kier molecular flexibility index (Phi) is 5.84. The van der Waals surface area contributed by atoms with Crippen LogP contribution in [-0.4, -0.2) is 43.4 Å². The van der Waals surface area contributed by atoms with E-state index in [-0.39, 0.29) is 0 Å². The summed E-state index contributed by atoms with van der Waals surface area (Å²) in [6, 6.07) is 14.6. The lowest BCUT2D eigenvalue weighted by atomic mass is 10.1. The summed E-state index contributed by atoms with van der Waals surface area (Å²) in [5.41, 5.74) is 3.70. The molecule has 0 saturated carbocycles. The number of methoxy groups -OCH3 is 2. The molecule has 1 aliphatic rings. The second-order valence-electron chi connectivity index (χ2n) is 7.35. The molecule has 0 amide bonds. The molecule has 0 unspecified atom stereocenters. The van der Waals surface area contributed by atoms with E-state index in [1.807, 2.05) is 6.07 Å². The highest BCUT2D eigenvalue weighted by molar-refractivity contribution is 5.82. The minimum atomic E-state index is 0.311. The second-order valence-corrected chi connectivity index (χ2v) is 7.35. The first-order valence-electron chi connectivity index (χ1n) is 9.86. The molecule has 1 N–H and O–H groups in total. The summed E-state index contributed by atoms with van der Waals surface area (Å²) in [5, 5.41) is 1.28. The van der Waals surface area contributed by atoms with Crippen molar-refractivity contribution in [1.82, 2.24) is 9.88 Å². The first-order valence-corrected chi connectivity index (χ1v) is 9.86. The molecule has 0 radical (unpaired) electrons. The van der Waals surface area contributed by atoms with Crippen molar-refractivity contribution < 1.29 is 14.2 Å².